The van der Waals surface area contributed by atoms with Crippen molar-refractivity contribution in [3.8, 4) is 0 Å². The highest BCUT2D eigenvalue weighted by Gasteiger charge is 2.19. The van der Waals surface area contributed by atoms with Gasteiger partial charge in [0.2, 0.25) is 0 Å². The van der Waals surface area contributed by atoms with Gasteiger partial charge in [0.05, 0.1) is 24.2 Å². The molecule has 3 aromatic rings. The average molecular weight is 425 g/mol. The summed E-state index contributed by atoms with van der Waals surface area (Å²) in [5.74, 6) is -0.365. The number of nitrogens with one attached hydrogen (secondary N) is 2. The molecular formula is C22H28N6O3. The largest absolute Gasteiger partial charge is 0.379 e. The van der Waals surface area contributed by atoms with Crippen molar-refractivity contribution >= 4 is 22.6 Å². The fourth-order valence-corrected chi connectivity index (χ4v) is 3.89. The third-order valence-electron chi connectivity index (χ3n) is 5.54. The van der Waals surface area contributed by atoms with E-state index in [0.29, 0.717) is 43.0 Å². The molecule has 1 aliphatic rings. The minimum atomic E-state index is -0.365. The number of rotatable bonds is 5. The lowest BCUT2D eigenvalue weighted by atomic mass is 10.1. The second-order valence-electron chi connectivity index (χ2n) is 8.18. The molecule has 0 aromatic carbocycles. The molecule has 164 valence electrons. The van der Waals surface area contributed by atoms with E-state index in [-0.39, 0.29) is 28.6 Å². The molecule has 0 radical (unpaired) electrons. The summed E-state index contributed by atoms with van der Waals surface area (Å²) in [6.07, 6.45) is 1.68. The minimum Gasteiger partial charge on any atom is -0.379 e. The first kappa shape index (κ1) is 21.2. The molecule has 1 aliphatic heterocycles. The van der Waals surface area contributed by atoms with Crippen LogP contribution in [0.25, 0.3) is 16.7 Å². The molecule has 4 heterocycles. The quantitative estimate of drug-likeness (QED) is 0.593. The molecule has 1 fully saturated rings. The molecule has 0 aliphatic carbocycles. The van der Waals surface area contributed by atoms with Gasteiger partial charge in [-0.25, -0.2) is 4.98 Å². The second-order valence-corrected chi connectivity index (χ2v) is 8.18. The van der Waals surface area contributed by atoms with E-state index in [2.05, 4.69) is 10.2 Å². The molecule has 2 N–H and O–H groups in total. The SMILES string of the molecule is Cc1cccn2c(=O)c3cc(C(=O)NC(C)C)c(=N)n(CCN4CCOCC4)c3nc12. The number of aromatic nitrogens is 3. The molecule has 9 heteroatoms. The van der Waals surface area contributed by atoms with Crippen LogP contribution in [0.3, 0.4) is 0 Å². The number of amides is 1. The van der Waals surface area contributed by atoms with Crippen LogP contribution in [0.2, 0.25) is 0 Å². The van der Waals surface area contributed by atoms with Gasteiger partial charge in [-0.2, -0.15) is 0 Å². The van der Waals surface area contributed by atoms with Gasteiger partial charge >= 0.3 is 0 Å². The Morgan fingerprint density at radius 1 is 1.26 bits per heavy atom. The molecule has 0 saturated carbocycles. The molecule has 0 unspecified atom stereocenters. The number of aryl methyl sites for hydroxylation is 1. The maximum absolute atomic E-state index is 13.3. The summed E-state index contributed by atoms with van der Waals surface area (Å²) in [7, 11) is 0. The number of fused-ring (bicyclic) bond motifs is 2. The van der Waals surface area contributed by atoms with Crippen molar-refractivity contribution in [1.82, 2.24) is 24.2 Å². The maximum Gasteiger partial charge on any atom is 0.267 e. The first-order valence-corrected chi connectivity index (χ1v) is 10.6. The van der Waals surface area contributed by atoms with Crippen LogP contribution in [0.1, 0.15) is 29.8 Å². The lowest BCUT2D eigenvalue weighted by molar-refractivity contribution is 0.0363. The van der Waals surface area contributed by atoms with Crippen molar-refractivity contribution < 1.29 is 9.53 Å². The van der Waals surface area contributed by atoms with Gasteiger partial charge < -0.3 is 14.6 Å². The zero-order chi connectivity index (χ0) is 22.1. The Labute approximate surface area is 179 Å². The normalized spacial score (nSPS) is 15.1. The molecule has 31 heavy (non-hydrogen) atoms. The maximum atomic E-state index is 13.3. The van der Waals surface area contributed by atoms with Crippen LogP contribution in [0, 0.1) is 12.3 Å². The summed E-state index contributed by atoms with van der Waals surface area (Å²) in [5.41, 5.74) is 1.84. The third kappa shape index (κ3) is 4.11. The van der Waals surface area contributed by atoms with E-state index in [1.54, 1.807) is 16.8 Å². The third-order valence-corrected chi connectivity index (χ3v) is 5.54. The van der Waals surface area contributed by atoms with Crippen LogP contribution < -0.4 is 16.4 Å². The number of pyridine rings is 2. The molecular weight excluding hydrogens is 396 g/mol. The molecule has 0 spiro atoms. The van der Waals surface area contributed by atoms with Gasteiger partial charge in [-0.15, -0.1) is 0 Å². The van der Waals surface area contributed by atoms with Crippen LogP contribution in [0.5, 0.6) is 0 Å². The standard InChI is InChI=1S/C22H28N6O3/c1-14(2)24-21(29)16-13-17-20(25-19-15(3)5-4-6-28(19)22(17)30)27(18(16)23)8-7-26-9-11-31-12-10-26/h4-6,13-14,23H,7-12H2,1-3H3,(H,24,29). The zero-order valence-electron chi connectivity index (χ0n) is 18.1. The number of hydrogen-bond donors (Lipinski definition) is 2. The first-order chi connectivity index (χ1) is 14.9. The number of hydrogen-bond acceptors (Lipinski definition) is 6. The number of carbonyl (C=O) groups is 1. The molecule has 9 nitrogen and oxygen atoms in total. The van der Waals surface area contributed by atoms with Crippen molar-refractivity contribution in [2.24, 2.45) is 0 Å². The smallest absolute Gasteiger partial charge is 0.267 e. The average Bonchev–Trinajstić information content (AvgIpc) is 2.74. The Hall–Kier alpha value is -3.04. The van der Waals surface area contributed by atoms with E-state index < -0.39 is 0 Å². The summed E-state index contributed by atoms with van der Waals surface area (Å²) in [4.78, 5) is 33.1. The Morgan fingerprint density at radius 3 is 2.71 bits per heavy atom. The van der Waals surface area contributed by atoms with Crippen LogP contribution in [0.15, 0.2) is 29.2 Å². The molecule has 4 rings (SSSR count). The van der Waals surface area contributed by atoms with Gasteiger partial charge in [-0.05, 0) is 38.5 Å². The fraction of sp³-hybridized carbons (Fsp3) is 0.455. The van der Waals surface area contributed by atoms with Crippen LogP contribution in [-0.2, 0) is 11.3 Å². The summed E-state index contributed by atoms with van der Waals surface area (Å²) in [6.45, 7) is 9.75. The number of ether oxygens (including phenoxy) is 1. The lowest BCUT2D eigenvalue weighted by Crippen LogP contribution is -2.41. The van der Waals surface area contributed by atoms with Crippen LogP contribution in [0.4, 0.5) is 0 Å². The van der Waals surface area contributed by atoms with E-state index in [1.807, 2.05) is 26.8 Å². The van der Waals surface area contributed by atoms with Gasteiger partial charge in [-0.3, -0.25) is 24.3 Å². The Morgan fingerprint density at radius 2 is 2.00 bits per heavy atom. The van der Waals surface area contributed by atoms with Gasteiger partial charge in [0.1, 0.15) is 16.8 Å². The minimum absolute atomic E-state index is 0.0590. The molecule has 0 bridgehead atoms. The van der Waals surface area contributed by atoms with Crippen molar-refractivity contribution in [2.45, 2.75) is 33.4 Å². The summed E-state index contributed by atoms with van der Waals surface area (Å²) >= 11 is 0. The topological polar surface area (TPSA) is 105 Å². The van der Waals surface area contributed by atoms with Gasteiger partial charge in [0.15, 0.2) is 0 Å². The summed E-state index contributed by atoms with van der Waals surface area (Å²) in [5, 5.41) is 11.9. The number of nitrogens with zero attached hydrogens (tertiary/aromatic N) is 4. The Bertz CT molecular complexity index is 1250. The van der Waals surface area contributed by atoms with E-state index >= 15 is 0 Å². The molecule has 1 saturated heterocycles. The Balaban J connectivity index is 1.91. The van der Waals surface area contributed by atoms with Crippen LogP contribution >= 0.6 is 0 Å². The monoisotopic (exact) mass is 424 g/mol. The predicted molar refractivity (Wildman–Crippen MR) is 117 cm³/mol. The van der Waals surface area contributed by atoms with E-state index in [1.165, 1.54) is 10.5 Å². The highest BCUT2D eigenvalue weighted by molar-refractivity contribution is 5.97. The first-order valence-electron chi connectivity index (χ1n) is 10.6. The van der Waals surface area contributed by atoms with E-state index in [9.17, 15) is 9.59 Å². The van der Waals surface area contributed by atoms with Gasteiger partial charge in [0, 0.05) is 38.4 Å². The molecule has 3 aromatic heterocycles. The van der Waals surface area contributed by atoms with Crippen molar-refractivity contribution in [1.29, 1.82) is 5.41 Å². The van der Waals surface area contributed by atoms with Crippen molar-refractivity contribution in [3.63, 3.8) is 0 Å². The highest BCUT2D eigenvalue weighted by Crippen LogP contribution is 2.13. The molecule has 1 amide bonds. The van der Waals surface area contributed by atoms with Crippen LogP contribution in [-0.4, -0.2) is 63.6 Å². The Kier molecular flexibility index (Phi) is 5.88. The van der Waals surface area contributed by atoms with Gasteiger partial charge in [0.25, 0.3) is 11.5 Å². The highest BCUT2D eigenvalue weighted by atomic mass is 16.5. The van der Waals surface area contributed by atoms with E-state index in [0.717, 1.165) is 18.7 Å². The van der Waals surface area contributed by atoms with Crippen molar-refractivity contribution in [3.05, 3.63) is 51.4 Å². The molecule has 0 atom stereocenters. The number of morpholine rings is 1. The second kappa shape index (κ2) is 8.60. The van der Waals surface area contributed by atoms with E-state index in [4.69, 9.17) is 15.1 Å². The lowest BCUT2D eigenvalue weighted by Gasteiger charge is -2.27. The summed E-state index contributed by atoms with van der Waals surface area (Å²) in [6, 6.07) is 5.13. The predicted octanol–water partition coefficient (Wildman–Crippen LogP) is 0.907. The number of carbonyl (C=O) groups excluding carboxylic acids is 1. The zero-order valence-corrected chi connectivity index (χ0v) is 18.1. The summed E-state index contributed by atoms with van der Waals surface area (Å²) < 4.78 is 8.60. The van der Waals surface area contributed by atoms with Gasteiger partial charge in [-0.1, -0.05) is 6.07 Å². The van der Waals surface area contributed by atoms with Crippen molar-refractivity contribution in [2.75, 3.05) is 32.8 Å². The fourth-order valence-electron chi connectivity index (χ4n) is 3.89.